The van der Waals surface area contributed by atoms with Crippen LogP contribution in [0.15, 0.2) is 59.5 Å². The van der Waals surface area contributed by atoms with Crippen molar-refractivity contribution in [2.75, 3.05) is 7.05 Å². The average molecular weight is 393 g/mol. The normalized spacial score (nSPS) is 15.8. The summed E-state index contributed by atoms with van der Waals surface area (Å²) in [5, 5.41) is 4.68. The minimum atomic E-state index is -0.121. The van der Waals surface area contributed by atoms with Crippen LogP contribution in [0.1, 0.15) is 11.4 Å². The summed E-state index contributed by atoms with van der Waals surface area (Å²) >= 11 is 6.49. The predicted molar refractivity (Wildman–Crippen MR) is 112 cm³/mol. The van der Waals surface area contributed by atoms with Crippen LogP contribution in [-0.4, -0.2) is 36.9 Å². The zero-order valence-electron chi connectivity index (χ0n) is 14.8. The molecule has 2 aromatic carbocycles. The largest absolute Gasteiger partial charge is 0.296 e. The number of aryl methyl sites for hydroxylation is 1. The van der Waals surface area contributed by atoms with Gasteiger partial charge in [0.05, 0.1) is 10.6 Å². The smallest absolute Gasteiger partial charge is 0.266 e. The molecule has 3 aromatic rings. The summed E-state index contributed by atoms with van der Waals surface area (Å²) in [4.78, 5) is 19.1. The van der Waals surface area contributed by atoms with Crippen molar-refractivity contribution >= 4 is 40.3 Å². The van der Waals surface area contributed by atoms with Gasteiger partial charge in [0.15, 0.2) is 11.6 Å². The van der Waals surface area contributed by atoms with E-state index in [1.807, 2.05) is 61.5 Å². The molecule has 1 aliphatic heterocycles. The summed E-state index contributed by atoms with van der Waals surface area (Å²) < 4.78 is 2.29. The molecule has 0 bridgehead atoms. The van der Waals surface area contributed by atoms with Crippen molar-refractivity contribution in [3.05, 3.63) is 70.9 Å². The van der Waals surface area contributed by atoms with Gasteiger partial charge in [-0.1, -0.05) is 72.0 Å². The van der Waals surface area contributed by atoms with E-state index in [0.29, 0.717) is 20.9 Å². The third-order valence-electron chi connectivity index (χ3n) is 4.19. The second-order valence-corrected chi connectivity index (χ2v) is 7.82. The number of benzene rings is 2. The summed E-state index contributed by atoms with van der Waals surface area (Å²) in [7, 11) is 1.68. The van der Waals surface area contributed by atoms with E-state index < -0.39 is 0 Å². The first-order chi connectivity index (χ1) is 13.0. The second-order valence-electron chi connectivity index (χ2n) is 6.15. The van der Waals surface area contributed by atoms with Gasteiger partial charge in [-0.05, 0) is 19.1 Å². The third kappa shape index (κ3) is 3.43. The number of thiocarbonyl (C=S) groups is 1. The number of para-hydroxylation sites is 1. The van der Waals surface area contributed by atoms with Gasteiger partial charge in [-0.3, -0.25) is 9.69 Å². The molecule has 4 rings (SSSR count). The maximum atomic E-state index is 12.4. The van der Waals surface area contributed by atoms with E-state index in [-0.39, 0.29) is 5.91 Å². The molecule has 27 heavy (non-hydrogen) atoms. The van der Waals surface area contributed by atoms with E-state index in [2.05, 4.69) is 10.1 Å². The van der Waals surface area contributed by atoms with Crippen molar-refractivity contribution in [2.45, 2.75) is 6.92 Å². The number of carbonyl (C=O) groups excluding carboxylic acids is 1. The fourth-order valence-electron chi connectivity index (χ4n) is 2.66. The number of hydrogen-bond donors (Lipinski definition) is 0. The van der Waals surface area contributed by atoms with E-state index in [9.17, 15) is 4.79 Å². The molecule has 2 heterocycles. The standard InChI is InChI=1S/C20H16N4OS2/c1-13-8-10-14(11-9-13)18-21-17(12-16-19(25)23(2)20(26)27-16)24(22-18)15-6-4-3-5-7-15/h3-12H,1-2H3/b16-12+. The Bertz CT molecular complexity index is 1060. The van der Waals surface area contributed by atoms with Gasteiger partial charge in [-0.25, -0.2) is 9.67 Å². The lowest BCUT2D eigenvalue weighted by molar-refractivity contribution is -0.121. The van der Waals surface area contributed by atoms with Gasteiger partial charge < -0.3 is 0 Å². The van der Waals surface area contributed by atoms with Gasteiger partial charge in [0.2, 0.25) is 0 Å². The molecule has 1 fully saturated rings. The number of likely N-dealkylation sites (N-methyl/N-ethyl adjacent to an activating group) is 1. The SMILES string of the molecule is Cc1ccc(-c2nc(/C=C3/SC(=S)N(C)C3=O)n(-c3ccccc3)n2)cc1. The fourth-order valence-corrected chi connectivity index (χ4v) is 3.81. The Balaban J connectivity index is 1.83. The number of rotatable bonds is 3. The van der Waals surface area contributed by atoms with Crippen molar-refractivity contribution in [3.8, 4) is 17.1 Å². The average Bonchev–Trinajstić information content (AvgIpc) is 3.20. The fraction of sp³-hybridized carbons (Fsp3) is 0.100. The second kappa shape index (κ2) is 7.09. The molecule has 1 amide bonds. The molecule has 0 N–H and O–H groups in total. The topological polar surface area (TPSA) is 51.0 Å². The molecule has 0 saturated carbocycles. The first kappa shape index (κ1) is 17.6. The lowest BCUT2D eigenvalue weighted by Crippen LogP contribution is -2.22. The Morgan fingerprint density at radius 2 is 1.78 bits per heavy atom. The Labute approximate surface area is 166 Å². The summed E-state index contributed by atoms with van der Waals surface area (Å²) in [6.07, 6.45) is 1.75. The van der Waals surface area contributed by atoms with Crippen LogP contribution in [0.2, 0.25) is 0 Å². The number of hydrogen-bond acceptors (Lipinski definition) is 5. The van der Waals surface area contributed by atoms with Crippen LogP contribution in [0, 0.1) is 6.92 Å². The Hall–Kier alpha value is -2.77. The Kier molecular flexibility index (Phi) is 4.63. The van der Waals surface area contributed by atoms with Crippen LogP contribution < -0.4 is 0 Å². The summed E-state index contributed by atoms with van der Waals surface area (Å²) in [6.45, 7) is 2.04. The molecular weight excluding hydrogens is 376 g/mol. The summed E-state index contributed by atoms with van der Waals surface area (Å²) in [6, 6.07) is 17.8. The summed E-state index contributed by atoms with van der Waals surface area (Å²) in [5.41, 5.74) is 2.97. The van der Waals surface area contributed by atoms with Gasteiger partial charge in [0.25, 0.3) is 5.91 Å². The van der Waals surface area contributed by atoms with Crippen molar-refractivity contribution in [2.24, 2.45) is 0 Å². The van der Waals surface area contributed by atoms with Gasteiger partial charge in [0.1, 0.15) is 4.32 Å². The molecule has 0 aliphatic carbocycles. The van der Waals surface area contributed by atoms with E-state index in [0.717, 1.165) is 11.3 Å². The van der Waals surface area contributed by atoms with Gasteiger partial charge in [0, 0.05) is 18.7 Å². The summed E-state index contributed by atoms with van der Waals surface area (Å²) in [5.74, 6) is 1.08. The Morgan fingerprint density at radius 1 is 1.07 bits per heavy atom. The zero-order chi connectivity index (χ0) is 19.0. The molecule has 0 atom stereocenters. The van der Waals surface area contributed by atoms with Crippen LogP contribution in [0.3, 0.4) is 0 Å². The van der Waals surface area contributed by atoms with Crippen LogP contribution in [0.4, 0.5) is 0 Å². The quantitative estimate of drug-likeness (QED) is 0.497. The number of amides is 1. The highest BCUT2D eigenvalue weighted by Crippen LogP contribution is 2.31. The third-order valence-corrected chi connectivity index (χ3v) is 5.67. The zero-order valence-corrected chi connectivity index (χ0v) is 16.4. The molecule has 1 aromatic heterocycles. The number of thioether (sulfide) groups is 1. The molecular formula is C20H16N4OS2. The highest BCUT2D eigenvalue weighted by Gasteiger charge is 2.29. The van der Waals surface area contributed by atoms with Crippen LogP contribution in [-0.2, 0) is 4.79 Å². The molecule has 1 aliphatic rings. The Morgan fingerprint density at radius 3 is 2.41 bits per heavy atom. The maximum absolute atomic E-state index is 12.4. The van der Waals surface area contributed by atoms with E-state index in [1.54, 1.807) is 17.8 Å². The van der Waals surface area contributed by atoms with Crippen LogP contribution >= 0.6 is 24.0 Å². The minimum absolute atomic E-state index is 0.121. The molecule has 1 saturated heterocycles. The number of nitrogens with zero attached hydrogens (tertiary/aromatic N) is 4. The monoisotopic (exact) mass is 392 g/mol. The maximum Gasteiger partial charge on any atom is 0.266 e. The highest BCUT2D eigenvalue weighted by atomic mass is 32.2. The minimum Gasteiger partial charge on any atom is -0.296 e. The van der Waals surface area contributed by atoms with E-state index in [1.165, 1.54) is 22.2 Å². The van der Waals surface area contributed by atoms with Crippen LogP contribution in [0.25, 0.3) is 23.2 Å². The van der Waals surface area contributed by atoms with E-state index >= 15 is 0 Å². The number of aromatic nitrogens is 3. The van der Waals surface area contributed by atoms with Gasteiger partial charge in [-0.15, -0.1) is 5.10 Å². The van der Waals surface area contributed by atoms with E-state index in [4.69, 9.17) is 12.2 Å². The molecule has 0 unspecified atom stereocenters. The first-order valence-corrected chi connectivity index (χ1v) is 9.56. The predicted octanol–water partition coefficient (Wildman–Crippen LogP) is 4.07. The van der Waals surface area contributed by atoms with Gasteiger partial charge in [-0.2, -0.15) is 0 Å². The molecule has 134 valence electrons. The van der Waals surface area contributed by atoms with Crippen LogP contribution in [0.5, 0.6) is 0 Å². The van der Waals surface area contributed by atoms with Gasteiger partial charge >= 0.3 is 0 Å². The molecule has 5 nitrogen and oxygen atoms in total. The van der Waals surface area contributed by atoms with Crippen molar-refractivity contribution in [1.29, 1.82) is 0 Å². The lowest BCUT2D eigenvalue weighted by Gasteiger charge is -2.04. The lowest BCUT2D eigenvalue weighted by atomic mass is 10.1. The highest BCUT2D eigenvalue weighted by molar-refractivity contribution is 8.26. The molecule has 7 heteroatoms. The van der Waals surface area contributed by atoms with Crippen molar-refractivity contribution in [3.63, 3.8) is 0 Å². The van der Waals surface area contributed by atoms with Crippen molar-refractivity contribution in [1.82, 2.24) is 19.7 Å². The number of carbonyl (C=O) groups is 1. The molecule has 0 radical (unpaired) electrons. The molecule has 0 spiro atoms. The first-order valence-electron chi connectivity index (χ1n) is 8.34. The van der Waals surface area contributed by atoms with Crippen molar-refractivity contribution < 1.29 is 4.79 Å².